The summed E-state index contributed by atoms with van der Waals surface area (Å²) < 4.78 is 40.0. The molecule has 0 aliphatic heterocycles. The van der Waals surface area contributed by atoms with Crippen LogP contribution in [0, 0.1) is 0 Å². The first-order valence-corrected chi connectivity index (χ1v) is 6.58. The van der Waals surface area contributed by atoms with Crippen LogP contribution >= 0.6 is 0 Å². The third-order valence-electron chi connectivity index (χ3n) is 3.18. The van der Waals surface area contributed by atoms with Gasteiger partial charge in [0.15, 0.2) is 5.65 Å². The molecule has 2 aromatic heterocycles. The van der Waals surface area contributed by atoms with E-state index in [0.29, 0.717) is 17.0 Å². The first kappa shape index (κ1) is 13.7. The van der Waals surface area contributed by atoms with Crippen LogP contribution < -0.4 is 0 Å². The van der Waals surface area contributed by atoms with Crippen LogP contribution in [0.3, 0.4) is 0 Å². The molecular formula is C14H13F3N4. The number of aromatic nitrogens is 4. The van der Waals surface area contributed by atoms with Gasteiger partial charge in [-0.2, -0.15) is 18.3 Å². The number of imidazole rings is 1. The largest absolute Gasteiger partial charge is 0.416 e. The van der Waals surface area contributed by atoms with Crippen molar-refractivity contribution in [3.05, 3.63) is 36.0 Å². The summed E-state index contributed by atoms with van der Waals surface area (Å²) in [6.45, 7) is 2.74. The number of nitrogens with zero attached hydrogens (tertiary/aromatic N) is 3. The number of nitrogens with one attached hydrogen (secondary N) is 1. The van der Waals surface area contributed by atoms with Crippen LogP contribution in [0.5, 0.6) is 0 Å². The van der Waals surface area contributed by atoms with Crippen molar-refractivity contribution in [1.82, 2.24) is 19.7 Å². The highest BCUT2D eigenvalue weighted by atomic mass is 19.4. The average Bonchev–Trinajstić information content (AvgIpc) is 3.00. The molecule has 0 atom stereocenters. The van der Waals surface area contributed by atoms with E-state index in [1.807, 2.05) is 6.92 Å². The Bertz CT molecular complexity index is 770. The van der Waals surface area contributed by atoms with Gasteiger partial charge in [-0.05, 0) is 18.6 Å². The number of halogens is 3. The monoisotopic (exact) mass is 294 g/mol. The summed E-state index contributed by atoms with van der Waals surface area (Å²) in [7, 11) is 0. The minimum absolute atomic E-state index is 0.407. The van der Waals surface area contributed by atoms with E-state index < -0.39 is 11.7 Å². The number of hydrogen-bond donors (Lipinski definition) is 1. The van der Waals surface area contributed by atoms with Gasteiger partial charge in [0.05, 0.1) is 11.8 Å². The first-order valence-electron chi connectivity index (χ1n) is 6.58. The molecule has 110 valence electrons. The highest BCUT2D eigenvalue weighted by Gasteiger charge is 2.30. The van der Waals surface area contributed by atoms with Gasteiger partial charge in [-0.25, -0.2) is 9.67 Å². The zero-order valence-electron chi connectivity index (χ0n) is 11.3. The molecule has 1 N–H and O–H groups in total. The van der Waals surface area contributed by atoms with Crippen molar-refractivity contribution in [2.75, 3.05) is 0 Å². The lowest BCUT2D eigenvalue weighted by molar-refractivity contribution is -0.137. The van der Waals surface area contributed by atoms with Gasteiger partial charge < -0.3 is 4.98 Å². The Morgan fingerprint density at radius 1 is 1.29 bits per heavy atom. The van der Waals surface area contributed by atoms with Crippen LogP contribution in [-0.2, 0) is 12.7 Å². The molecule has 7 heteroatoms. The second-order valence-electron chi connectivity index (χ2n) is 4.77. The van der Waals surface area contributed by atoms with E-state index in [2.05, 4.69) is 15.1 Å². The fourth-order valence-corrected chi connectivity index (χ4v) is 2.20. The molecule has 3 rings (SSSR count). The molecule has 21 heavy (non-hydrogen) atoms. The number of aromatic amines is 1. The summed E-state index contributed by atoms with van der Waals surface area (Å²) in [4.78, 5) is 7.37. The van der Waals surface area contributed by atoms with Crippen molar-refractivity contribution >= 4 is 11.2 Å². The van der Waals surface area contributed by atoms with Gasteiger partial charge in [-0.15, -0.1) is 0 Å². The van der Waals surface area contributed by atoms with Crippen molar-refractivity contribution in [1.29, 1.82) is 0 Å². The van der Waals surface area contributed by atoms with E-state index in [1.54, 1.807) is 16.9 Å². The highest BCUT2D eigenvalue weighted by Crippen LogP contribution is 2.31. The number of hydrogen-bond acceptors (Lipinski definition) is 2. The number of aryl methyl sites for hydroxylation is 1. The summed E-state index contributed by atoms with van der Waals surface area (Å²) in [6.07, 6.45) is -1.82. The molecule has 2 heterocycles. The number of fused-ring (bicyclic) bond motifs is 1. The predicted molar refractivity (Wildman–Crippen MR) is 72.6 cm³/mol. The van der Waals surface area contributed by atoms with Crippen molar-refractivity contribution < 1.29 is 13.2 Å². The standard InChI is InChI=1S/C14H13F3N4/c1-2-6-21-13-11(8-18-21)19-12(20-13)9-4-3-5-10(7-9)14(15,16)17/h3-5,7-8H,2,6H2,1H3,(H,19,20). The zero-order valence-corrected chi connectivity index (χ0v) is 11.3. The quantitative estimate of drug-likeness (QED) is 0.797. The number of benzene rings is 1. The van der Waals surface area contributed by atoms with Crippen molar-refractivity contribution in [3.63, 3.8) is 0 Å². The maximum Gasteiger partial charge on any atom is 0.416 e. The molecule has 0 saturated heterocycles. The molecular weight excluding hydrogens is 281 g/mol. The number of H-pyrrole nitrogens is 1. The number of alkyl halides is 3. The Morgan fingerprint density at radius 3 is 2.81 bits per heavy atom. The molecule has 0 unspecified atom stereocenters. The molecule has 0 amide bonds. The van der Waals surface area contributed by atoms with E-state index in [-0.39, 0.29) is 0 Å². The second kappa shape index (κ2) is 4.91. The Morgan fingerprint density at radius 2 is 2.10 bits per heavy atom. The molecule has 0 aliphatic rings. The zero-order chi connectivity index (χ0) is 15.0. The smallest absolute Gasteiger partial charge is 0.335 e. The summed E-state index contributed by atoms with van der Waals surface area (Å²) in [5.74, 6) is 0.415. The van der Waals surface area contributed by atoms with Gasteiger partial charge in [-0.3, -0.25) is 0 Å². The Kier molecular flexibility index (Phi) is 3.19. The predicted octanol–water partition coefficient (Wildman–Crippen LogP) is 3.86. The van der Waals surface area contributed by atoms with Crippen LogP contribution in [0.15, 0.2) is 30.5 Å². The van der Waals surface area contributed by atoms with Crippen molar-refractivity contribution in [2.45, 2.75) is 26.1 Å². The van der Waals surface area contributed by atoms with Crippen LogP contribution in [0.25, 0.3) is 22.6 Å². The molecule has 1 aromatic carbocycles. The van der Waals surface area contributed by atoms with Crippen LogP contribution in [0.4, 0.5) is 13.2 Å². The minimum atomic E-state index is -4.36. The SMILES string of the molecule is CCCn1ncc2[nH]c(-c3cccc(C(F)(F)F)c3)nc21. The Labute approximate surface area is 118 Å². The van der Waals surface area contributed by atoms with Crippen LogP contribution in [0.2, 0.25) is 0 Å². The fourth-order valence-electron chi connectivity index (χ4n) is 2.20. The summed E-state index contributed by atoms with van der Waals surface area (Å²) in [5.41, 5.74) is 1.10. The van der Waals surface area contributed by atoms with Gasteiger partial charge >= 0.3 is 6.18 Å². The van der Waals surface area contributed by atoms with Gasteiger partial charge in [0, 0.05) is 12.1 Å². The lowest BCUT2D eigenvalue weighted by Crippen LogP contribution is -2.04. The molecule has 0 radical (unpaired) electrons. The van der Waals surface area contributed by atoms with E-state index in [4.69, 9.17) is 0 Å². The normalized spacial score (nSPS) is 12.2. The first-order chi connectivity index (χ1) is 9.99. The molecule has 0 fully saturated rings. The van der Waals surface area contributed by atoms with E-state index in [1.165, 1.54) is 6.07 Å². The second-order valence-corrected chi connectivity index (χ2v) is 4.77. The van der Waals surface area contributed by atoms with Crippen LogP contribution in [0.1, 0.15) is 18.9 Å². The third-order valence-corrected chi connectivity index (χ3v) is 3.18. The molecule has 4 nitrogen and oxygen atoms in total. The maximum atomic E-state index is 12.7. The fraction of sp³-hybridized carbons (Fsp3) is 0.286. The Balaban J connectivity index is 2.04. The van der Waals surface area contributed by atoms with Crippen molar-refractivity contribution in [3.8, 4) is 11.4 Å². The maximum absolute atomic E-state index is 12.7. The minimum Gasteiger partial charge on any atom is -0.335 e. The molecule has 0 aliphatic carbocycles. The molecule has 0 saturated carbocycles. The van der Waals surface area contributed by atoms with E-state index in [9.17, 15) is 13.2 Å². The molecule has 3 aromatic rings. The molecule has 0 bridgehead atoms. The summed E-state index contributed by atoms with van der Waals surface area (Å²) in [5, 5.41) is 4.18. The molecule has 0 spiro atoms. The lowest BCUT2D eigenvalue weighted by atomic mass is 10.1. The average molecular weight is 294 g/mol. The van der Waals surface area contributed by atoms with Gasteiger partial charge in [0.1, 0.15) is 11.3 Å². The topological polar surface area (TPSA) is 46.5 Å². The van der Waals surface area contributed by atoms with Gasteiger partial charge in [0.25, 0.3) is 0 Å². The summed E-state index contributed by atoms with van der Waals surface area (Å²) in [6, 6.07) is 5.12. The Hall–Kier alpha value is -2.31. The number of rotatable bonds is 3. The highest BCUT2D eigenvalue weighted by molar-refractivity contribution is 5.76. The third kappa shape index (κ3) is 2.51. The van der Waals surface area contributed by atoms with E-state index >= 15 is 0 Å². The van der Waals surface area contributed by atoms with Gasteiger partial charge in [0.2, 0.25) is 0 Å². The van der Waals surface area contributed by atoms with Crippen LogP contribution in [-0.4, -0.2) is 19.7 Å². The van der Waals surface area contributed by atoms with E-state index in [0.717, 1.165) is 30.6 Å². The summed E-state index contributed by atoms with van der Waals surface area (Å²) >= 11 is 0. The lowest BCUT2D eigenvalue weighted by Gasteiger charge is -2.07. The van der Waals surface area contributed by atoms with Gasteiger partial charge in [-0.1, -0.05) is 19.1 Å². The van der Waals surface area contributed by atoms with Crippen molar-refractivity contribution in [2.24, 2.45) is 0 Å².